The zero-order chi connectivity index (χ0) is 20.9. The van der Waals surface area contributed by atoms with Crippen molar-refractivity contribution in [2.75, 3.05) is 46.4 Å². The molecule has 0 spiro atoms. The quantitative estimate of drug-likeness (QED) is 0.758. The number of halogens is 1. The Hall–Kier alpha value is -1.91. The number of carbonyl (C=O) groups excluding carboxylic acids is 1. The van der Waals surface area contributed by atoms with Gasteiger partial charge in [-0.2, -0.15) is 0 Å². The second-order valence-corrected chi connectivity index (χ2v) is 9.24. The monoisotopic (exact) mass is 417 g/mol. The first-order valence-corrected chi connectivity index (χ1v) is 10.5. The minimum atomic E-state index is -3.90. The van der Waals surface area contributed by atoms with E-state index in [1.165, 1.54) is 13.2 Å². The van der Waals surface area contributed by atoms with Crippen molar-refractivity contribution in [3.63, 3.8) is 0 Å². The molecule has 8 nitrogen and oxygen atoms in total. The van der Waals surface area contributed by atoms with E-state index in [2.05, 4.69) is 4.72 Å². The number of hydrogen-bond donors (Lipinski definition) is 1. The molecule has 1 heterocycles. The van der Waals surface area contributed by atoms with Crippen LogP contribution in [0.1, 0.15) is 20.8 Å². The van der Waals surface area contributed by atoms with Crippen molar-refractivity contribution in [2.24, 2.45) is 0 Å². The van der Waals surface area contributed by atoms with Gasteiger partial charge in [0.2, 0.25) is 10.0 Å². The van der Waals surface area contributed by atoms with E-state index in [-0.39, 0.29) is 23.3 Å². The number of benzene rings is 1. The van der Waals surface area contributed by atoms with E-state index in [1.54, 1.807) is 4.90 Å². The first-order chi connectivity index (χ1) is 13.0. The number of ether oxygens (including phenoxy) is 2. The number of methoxy groups -OCH3 is 1. The van der Waals surface area contributed by atoms with Gasteiger partial charge in [-0.25, -0.2) is 22.3 Å². The lowest BCUT2D eigenvalue weighted by molar-refractivity contribution is 0.0147. The van der Waals surface area contributed by atoms with Crippen molar-refractivity contribution in [3.8, 4) is 5.75 Å². The summed E-state index contributed by atoms with van der Waals surface area (Å²) < 4.78 is 51.1. The van der Waals surface area contributed by atoms with E-state index in [0.717, 1.165) is 12.1 Å². The SMILES string of the molecule is COc1ccc(F)cc1S(=O)(=O)NCCN1CCN(C(=O)OC(C)(C)C)CC1. The highest BCUT2D eigenvalue weighted by atomic mass is 32.2. The molecular formula is C18H28FN3O5S. The molecule has 0 radical (unpaired) electrons. The summed E-state index contributed by atoms with van der Waals surface area (Å²) in [6.07, 6.45) is -0.342. The third-order valence-electron chi connectivity index (χ3n) is 4.16. The molecule has 2 rings (SSSR count). The molecule has 0 saturated carbocycles. The molecule has 1 aromatic rings. The number of piperazine rings is 1. The summed E-state index contributed by atoms with van der Waals surface area (Å²) in [6.45, 7) is 8.35. The standard InChI is InChI=1S/C18H28FN3O5S/c1-18(2,3)27-17(23)22-11-9-21(10-12-22)8-7-20-28(24,25)16-13-14(19)5-6-15(16)26-4/h5-6,13,20H,7-12H2,1-4H3. The molecule has 1 saturated heterocycles. The normalized spacial score (nSPS) is 16.1. The second kappa shape index (κ2) is 9.06. The maximum absolute atomic E-state index is 13.4. The number of sulfonamides is 1. The van der Waals surface area contributed by atoms with Crippen LogP contribution in [-0.2, 0) is 14.8 Å². The molecule has 28 heavy (non-hydrogen) atoms. The molecule has 0 unspecified atom stereocenters. The van der Waals surface area contributed by atoms with Gasteiger partial charge in [0.1, 0.15) is 22.1 Å². The fraction of sp³-hybridized carbons (Fsp3) is 0.611. The minimum Gasteiger partial charge on any atom is -0.495 e. The minimum absolute atomic E-state index is 0.0832. The summed E-state index contributed by atoms with van der Waals surface area (Å²) in [5.41, 5.74) is -0.537. The molecule has 10 heteroatoms. The zero-order valence-electron chi connectivity index (χ0n) is 16.7. The number of nitrogens with one attached hydrogen (secondary N) is 1. The maximum Gasteiger partial charge on any atom is 0.410 e. The Kier molecular flexibility index (Phi) is 7.24. The van der Waals surface area contributed by atoms with Gasteiger partial charge in [-0.3, -0.25) is 4.90 Å². The summed E-state index contributed by atoms with van der Waals surface area (Å²) in [5.74, 6) is -0.570. The average Bonchev–Trinajstić information content (AvgIpc) is 2.60. The molecule has 158 valence electrons. The van der Waals surface area contributed by atoms with Gasteiger partial charge < -0.3 is 14.4 Å². The molecule has 1 aliphatic heterocycles. The number of hydrogen-bond acceptors (Lipinski definition) is 6. The molecule has 1 fully saturated rings. The Bertz CT molecular complexity index is 787. The first kappa shape index (κ1) is 22.4. The largest absolute Gasteiger partial charge is 0.495 e. The summed E-state index contributed by atoms with van der Waals surface area (Å²) >= 11 is 0. The van der Waals surface area contributed by atoms with Gasteiger partial charge in [-0.05, 0) is 39.0 Å². The van der Waals surface area contributed by atoms with E-state index in [9.17, 15) is 17.6 Å². The van der Waals surface area contributed by atoms with Gasteiger partial charge >= 0.3 is 6.09 Å². The van der Waals surface area contributed by atoms with Crippen LogP contribution in [-0.4, -0.2) is 76.3 Å². The fourth-order valence-corrected chi connectivity index (χ4v) is 3.96. The Labute approximate surface area is 165 Å². The lowest BCUT2D eigenvalue weighted by Crippen LogP contribution is -2.51. The topological polar surface area (TPSA) is 88.2 Å². The maximum atomic E-state index is 13.4. The van der Waals surface area contributed by atoms with Gasteiger partial charge in [0.05, 0.1) is 7.11 Å². The molecule has 0 bridgehead atoms. The average molecular weight is 418 g/mol. The molecule has 1 aliphatic rings. The summed E-state index contributed by atoms with van der Waals surface area (Å²) in [7, 11) is -2.57. The smallest absolute Gasteiger partial charge is 0.410 e. The van der Waals surface area contributed by atoms with Gasteiger partial charge in [0.15, 0.2) is 0 Å². The predicted octanol–water partition coefficient (Wildman–Crippen LogP) is 1.67. The van der Waals surface area contributed by atoms with Crippen LogP contribution in [0.5, 0.6) is 5.75 Å². The molecule has 1 aromatic carbocycles. The summed E-state index contributed by atoms with van der Waals surface area (Å²) in [6, 6.07) is 3.35. The van der Waals surface area contributed by atoms with Crippen LogP contribution in [0, 0.1) is 5.82 Å². The third-order valence-corrected chi connectivity index (χ3v) is 5.64. The highest BCUT2D eigenvalue weighted by Gasteiger charge is 2.26. The highest BCUT2D eigenvalue weighted by Crippen LogP contribution is 2.24. The van der Waals surface area contributed by atoms with Crippen molar-refractivity contribution < 1.29 is 27.1 Å². The Morgan fingerprint density at radius 1 is 1.21 bits per heavy atom. The Balaban J connectivity index is 1.83. The lowest BCUT2D eigenvalue weighted by atomic mass is 10.2. The highest BCUT2D eigenvalue weighted by molar-refractivity contribution is 7.89. The molecule has 1 amide bonds. The van der Waals surface area contributed by atoms with Crippen molar-refractivity contribution in [3.05, 3.63) is 24.0 Å². The van der Waals surface area contributed by atoms with Crippen molar-refractivity contribution in [1.82, 2.24) is 14.5 Å². The number of nitrogens with zero attached hydrogens (tertiary/aromatic N) is 2. The van der Waals surface area contributed by atoms with E-state index < -0.39 is 21.4 Å². The van der Waals surface area contributed by atoms with Crippen LogP contribution in [0.3, 0.4) is 0 Å². The van der Waals surface area contributed by atoms with E-state index in [1.807, 2.05) is 25.7 Å². The number of rotatable bonds is 6. The van der Waals surface area contributed by atoms with Crippen molar-refractivity contribution in [2.45, 2.75) is 31.3 Å². The second-order valence-electron chi connectivity index (χ2n) is 7.50. The van der Waals surface area contributed by atoms with Gasteiger partial charge in [0, 0.05) is 39.3 Å². The number of carbonyl (C=O) groups is 1. The summed E-state index contributed by atoms with van der Waals surface area (Å²) in [5, 5.41) is 0. The van der Waals surface area contributed by atoms with E-state index in [4.69, 9.17) is 9.47 Å². The Morgan fingerprint density at radius 2 is 1.86 bits per heavy atom. The van der Waals surface area contributed by atoms with Crippen molar-refractivity contribution in [1.29, 1.82) is 0 Å². The predicted molar refractivity (Wildman–Crippen MR) is 102 cm³/mol. The van der Waals surface area contributed by atoms with E-state index in [0.29, 0.717) is 32.7 Å². The fourth-order valence-electron chi connectivity index (χ4n) is 2.76. The summed E-state index contributed by atoms with van der Waals surface area (Å²) in [4.78, 5) is 15.5. The van der Waals surface area contributed by atoms with Crippen LogP contribution in [0.25, 0.3) is 0 Å². The molecule has 1 N–H and O–H groups in total. The van der Waals surface area contributed by atoms with Gasteiger partial charge in [0.25, 0.3) is 0 Å². The van der Waals surface area contributed by atoms with Crippen molar-refractivity contribution >= 4 is 16.1 Å². The molecular weight excluding hydrogens is 389 g/mol. The van der Waals surface area contributed by atoms with Crippen LogP contribution < -0.4 is 9.46 Å². The molecule has 0 aliphatic carbocycles. The molecule has 0 aromatic heterocycles. The third kappa shape index (κ3) is 6.32. The lowest BCUT2D eigenvalue weighted by Gasteiger charge is -2.35. The van der Waals surface area contributed by atoms with Gasteiger partial charge in [-0.1, -0.05) is 0 Å². The van der Waals surface area contributed by atoms with E-state index >= 15 is 0 Å². The van der Waals surface area contributed by atoms with Crippen LogP contribution in [0.15, 0.2) is 23.1 Å². The van der Waals surface area contributed by atoms with Crippen LogP contribution >= 0.6 is 0 Å². The Morgan fingerprint density at radius 3 is 2.43 bits per heavy atom. The number of amides is 1. The zero-order valence-corrected chi connectivity index (χ0v) is 17.5. The molecule has 0 atom stereocenters. The first-order valence-electron chi connectivity index (χ1n) is 9.05. The van der Waals surface area contributed by atoms with Crippen LogP contribution in [0.2, 0.25) is 0 Å². The van der Waals surface area contributed by atoms with Crippen LogP contribution in [0.4, 0.5) is 9.18 Å². The van der Waals surface area contributed by atoms with Gasteiger partial charge in [-0.15, -0.1) is 0 Å².